The molecule has 0 saturated carbocycles. The lowest BCUT2D eigenvalue weighted by atomic mass is 10.0. The number of carbonyl (C=O) groups is 1. The average Bonchev–Trinajstić information content (AvgIpc) is 3.52. The molecule has 11 heteroatoms. The molecule has 5 rings (SSSR count). The van der Waals surface area contributed by atoms with Crippen LogP contribution in [0.1, 0.15) is 20.3 Å². The summed E-state index contributed by atoms with van der Waals surface area (Å²) < 4.78 is 15.1. The summed E-state index contributed by atoms with van der Waals surface area (Å²) in [6.07, 6.45) is 7.00. The van der Waals surface area contributed by atoms with E-state index in [-0.39, 0.29) is 11.4 Å². The number of aliphatic imine (C=N–C) groups is 1. The van der Waals surface area contributed by atoms with Gasteiger partial charge in [0.05, 0.1) is 23.1 Å². The number of imidazole rings is 1. The Morgan fingerprint density at radius 3 is 2.86 bits per heavy atom. The number of aromatic amines is 2. The first-order valence-corrected chi connectivity index (χ1v) is 11.5. The summed E-state index contributed by atoms with van der Waals surface area (Å²) in [5.74, 6) is 0.485. The zero-order valence-corrected chi connectivity index (χ0v) is 20.5. The maximum Gasteiger partial charge on any atom is 0.224 e. The largest absolute Gasteiger partial charge is 0.336 e. The summed E-state index contributed by atoms with van der Waals surface area (Å²) in [7, 11) is 1.85. The number of anilines is 2. The molecule has 4 heterocycles. The van der Waals surface area contributed by atoms with E-state index in [1.807, 2.05) is 37.2 Å². The van der Waals surface area contributed by atoms with E-state index in [9.17, 15) is 4.79 Å². The molecule has 0 radical (unpaired) electrons. The van der Waals surface area contributed by atoms with Crippen molar-refractivity contribution in [3.63, 3.8) is 0 Å². The summed E-state index contributed by atoms with van der Waals surface area (Å²) in [5.41, 5.74) is 4.61. The van der Waals surface area contributed by atoms with Crippen LogP contribution in [0.2, 0.25) is 0 Å². The lowest BCUT2D eigenvalue weighted by molar-refractivity contribution is -0.115. The van der Waals surface area contributed by atoms with Crippen molar-refractivity contribution in [1.82, 2.24) is 30.1 Å². The fraction of sp³-hybridized carbons (Fsp3) is 0.154. The molecule has 0 spiro atoms. The van der Waals surface area contributed by atoms with Crippen molar-refractivity contribution in [3.05, 3.63) is 60.6 Å². The van der Waals surface area contributed by atoms with Gasteiger partial charge in [0.15, 0.2) is 17.5 Å². The van der Waals surface area contributed by atoms with Gasteiger partial charge in [0.25, 0.3) is 0 Å². The Hall–Kier alpha value is -4.93. The van der Waals surface area contributed by atoms with Gasteiger partial charge in [0.1, 0.15) is 16.7 Å². The van der Waals surface area contributed by atoms with Crippen LogP contribution >= 0.6 is 0 Å². The summed E-state index contributed by atoms with van der Waals surface area (Å²) >= 11 is 0. The monoisotopic (exact) mass is 497 g/mol. The lowest BCUT2D eigenvalue weighted by Crippen LogP contribution is -2.11. The van der Waals surface area contributed by atoms with Crippen molar-refractivity contribution >= 4 is 46.1 Å². The molecule has 0 bridgehead atoms. The van der Waals surface area contributed by atoms with Gasteiger partial charge in [-0.1, -0.05) is 6.92 Å². The summed E-state index contributed by atoms with van der Waals surface area (Å²) in [4.78, 5) is 34.2. The molecule has 4 aromatic heterocycles. The van der Waals surface area contributed by atoms with Crippen molar-refractivity contribution in [2.45, 2.75) is 20.3 Å². The molecule has 0 aliphatic carbocycles. The second-order valence-electron chi connectivity index (χ2n) is 8.47. The number of pyridine rings is 2. The van der Waals surface area contributed by atoms with Gasteiger partial charge >= 0.3 is 0 Å². The number of nitrogens with zero attached hydrogens (tertiary/aromatic N) is 6. The molecule has 0 aliphatic heterocycles. The maximum absolute atomic E-state index is 15.1. The van der Waals surface area contributed by atoms with Gasteiger partial charge in [0, 0.05) is 43.0 Å². The van der Waals surface area contributed by atoms with Crippen LogP contribution in [-0.4, -0.2) is 49.8 Å². The van der Waals surface area contributed by atoms with E-state index in [0.29, 0.717) is 51.5 Å². The third kappa shape index (κ3) is 4.54. The predicted molar refractivity (Wildman–Crippen MR) is 143 cm³/mol. The molecule has 0 unspecified atom stereocenters. The van der Waals surface area contributed by atoms with Gasteiger partial charge in [-0.25, -0.2) is 14.4 Å². The Morgan fingerprint density at radius 1 is 1.24 bits per heavy atom. The van der Waals surface area contributed by atoms with Crippen molar-refractivity contribution in [2.75, 3.05) is 17.3 Å². The number of halogens is 1. The number of amides is 1. The lowest BCUT2D eigenvalue weighted by Gasteiger charge is -2.13. The maximum atomic E-state index is 15.1. The van der Waals surface area contributed by atoms with Crippen LogP contribution in [0.25, 0.3) is 44.6 Å². The number of hydrogen-bond donors (Lipinski definition) is 3. The van der Waals surface area contributed by atoms with Crippen LogP contribution in [0.5, 0.6) is 0 Å². The highest BCUT2D eigenvalue weighted by Crippen LogP contribution is 2.33. The molecule has 0 saturated heterocycles. The third-order valence-corrected chi connectivity index (χ3v) is 5.87. The first-order chi connectivity index (χ1) is 17.9. The minimum Gasteiger partial charge on any atom is -0.336 e. The normalized spacial score (nSPS) is 11.7. The van der Waals surface area contributed by atoms with Crippen molar-refractivity contribution in [1.29, 1.82) is 0 Å². The van der Waals surface area contributed by atoms with Crippen LogP contribution in [-0.2, 0) is 4.79 Å². The Balaban J connectivity index is 1.60. The number of rotatable bonds is 7. The third-order valence-electron chi connectivity index (χ3n) is 5.87. The van der Waals surface area contributed by atoms with Crippen LogP contribution < -0.4 is 10.2 Å². The van der Waals surface area contributed by atoms with Crippen LogP contribution in [0.15, 0.2) is 59.7 Å². The summed E-state index contributed by atoms with van der Waals surface area (Å²) in [6.45, 7) is 7.15. The Labute approximate surface area is 211 Å². The van der Waals surface area contributed by atoms with Crippen molar-refractivity contribution < 1.29 is 9.18 Å². The Kier molecular flexibility index (Phi) is 6.18. The van der Waals surface area contributed by atoms with E-state index in [0.717, 1.165) is 11.2 Å². The first-order valence-electron chi connectivity index (χ1n) is 11.5. The molecular formula is C26H24FN9O. The van der Waals surface area contributed by atoms with E-state index < -0.39 is 5.82 Å². The molecule has 0 aliphatic rings. The first kappa shape index (κ1) is 23.8. The molecule has 5 aromatic rings. The molecular weight excluding hydrogens is 473 g/mol. The molecule has 0 fully saturated rings. The molecule has 1 aromatic carbocycles. The minimum absolute atomic E-state index is 0.131. The van der Waals surface area contributed by atoms with Gasteiger partial charge in [-0.05, 0) is 43.5 Å². The number of nitrogens with one attached hydrogen (secondary N) is 3. The number of fused-ring (bicyclic) bond motifs is 2. The van der Waals surface area contributed by atoms with E-state index in [2.05, 4.69) is 42.2 Å². The van der Waals surface area contributed by atoms with Crippen LogP contribution in [0, 0.1) is 5.82 Å². The fourth-order valence-electron chi connectivity index (χ4n) is 4.02. The summed E-state index contributed by atoms with van der Waals surface area (Å²) in [5, 5.41) is 10.4. The van der Waals surface area contributed by atoms with Gasteiger partial charge in [0.2, 0.25) is 5.91 Å². The topological polar surface area (TPSA) is 128 Å². The number of hydrogen-bond acceptors (Lipinski definition) is 7. The molecule has 10 nitrogen and oxygen atoms in total. The number of H-pyrrole nitrogens is 2. The zero-order valence-electron chi connectivity index (χ0n) is 20.5. The molecule has 1 amide bonds. The predicted octanol–water partition coefficient (Wildman–Crippen LogP) is 5.05. The van der Waals surface area contributed by atoms with Crippen molar-refractivity contribution in [2.24, 2.45) is 4.99 Å². The highest BCUT2D eigenvalue weighted by molar-refractivity contribution is 5.97. The second kappa shape index (κ2) is 9.61. The standard InChI is InChI=1S/C26H24FN9O/c1-5-21(37)31-17-8-16(11-29-12-17)15-9-18-22(19(27)10-15)34-35-23(18)25-32-20-6-7-30-26(24(20)33-25)36(4)13-14(2)28-3/h6-13H,3,5H2,1-2,4H3,(H,31,37)(H,32,33)(H,34,35)/b14-13-. The zero-order chi connectivity index (χ0) is 26.1. The smallest absolute Gasteiger partial charge is 0.224 e. The van der Waals surface area contributed by atoms with E-state index >= 15 is 4.39 Å². The molecule has 186 valence electrons. The fourth-order valence-corrected chi connectivity index (χ4v) is 4.02. The Morgan fingerprint density at radius 2 is 2.08 bits per heavy atom. The van der Waals surface area contributed by atoms with Gasteiger partial charge < -0.3 is 15.2 Å². The quantitative estimate of drug-likeness (QED) is 0.270. The van der Waals surface area contributed by atoms with E-state index in [1.54, 1.807) is 31.6 Å². The number of benzene rings is 1. The minimum atomic E-state index is -0.492. The van der Waals surface area contributed by atoms with Crippen LogP contribution in [0.4, 0.5) is 15.9 Å². The average molecular weight is 498 g/mol. The molecule has 37 heavy (non-hydrogen) atoms. The Bertz CT molecular complexity index is 1680. The highest BCUT2D eigenvalue weighted by atomic mass is 19.1. The number of carbonyl (C=O) groups excluding carboxylic acids is 1. The number of allylic oxidation sites excluding steroid dienone is 1. The van der Waals surface area contributed by atoms with Gasteiger partial charge in [-0.15, -0.1) is 0 Å². The molecule has 3 N–H and O–H groups in total. The SMILES string of the molecule is C=N/C(C)=C\N(C)c1nccc2[nH]c(-c3[nH]nc4c(F)cc(-c5cncc(NC(=O)CC)c5)cc34)nc12. The van der Waals surface area contributed by atoms with Gasteiger partial charge in [-0.3, -0.25) is 19.9 Å². The van der Waals surface area contributed by atoms with Crippen molar-refractivity contribution in [3.8, 4) is 22.6 Å². The van der Waals surface area contributed by atoms with E-state index in [1.165, 1.54) is 6.07 Å². The molecule has 0 atom stereocenters. The van der Waals surface area contributed by atoms with E-state index in [4.69, 9.17) is 4.98 Å². The van der Waals surface area contributed by atoms with Gasteiger partial charge in [-0.2, -0.15) is 5.10 Å². The second-order valence-corrected chi connectivity index (χ2v) is 8.47. The number of aromatic nitrogens is 6. The van der Waals surface area contributed by atoms with Crippen LogP contribution in [0.3, 0.4) is 0 Å². The highest BCUT2D eigenvalue weighted by Gasteiger charge is 2.19. The summed E-state index contributed by atoms with van der Waals surface area (Å²) in [6, 6.07) is 6.79.